The molecule has 0 aromatic heterocycles. The quantitative estimate of drug-likeness (QED) is 0.719. The lowest BCUT2D eigenvalue weighted by molar-refractivity contribution is -0.151. The Hall–Kier alpha value is -1.79. The summed E-state index contributed by atoms with van der Waals surface area (Å²) in [5, 5.41) is 22.6. The van der Waals surface area contributed by atoms with E-state index in [4.69, 9.17) is 4.74 Å². The van der Waals surface area contributed by atoms with Gasteiger partial charge < -0.3 is 20.3 Å². The summed E-state index contributed by atoms with van der Waals surface area (Å²) >= 11 is 0. The zero-order chi connectivity index (χ0) is 15.4. The first-order valence-electron chi connectivity index (χ1n) is 7.19. The maximum atomic E-state index is 12.1. The predicted molar refractivity (Wildman–Crippen MR) is 78.2 cm³/mol. The van der Waals surface area contributed by atoms with Gasteiger partial charge in [0.1, 0.15) is 17.5 Å². The standard InChI is InChI=1S/C15H22N2O4/c1-3-21-15(20)13-9-16-6-7-17(13)10(2)12-5-4-11(18)8-14(12)19/h4-5,8,10,13,16,18-19H,3,6-7,9H2,1-2H3. The van der Waals surface area contributed by atoms with Crippen molar-refractivity contribution in [2.75, 3.05) is 26.2 Å². The summed E-state index contributed by atoms with van der Waals surface area (Å²) in [6.07, 6.45) is 0. The van der Waals surface area contributed by atoms with Crippen LogP contribution in [0.3, 0.4) is 0 Å². The molecular formula is C15H22N2O4. The van der Waals surface area contributed by atoms with Crippen LogP contribution in [0.2, 0.25) is 0 Å². The fourth-order valence-corrected chi connectivity index (χ4v) is 2.70. The van der Waals surface area contributed by atoms with Gasteiger partial charge in [0.25, 0.3) is 0 Å². The minimum absolute atomic E-state index is 0.0192. The van der Waals surface area contributed by atoms with Crippen LogP contribution in [-0.4, -0.2) is 53.4 Å². The van der Waals surface area contributed by atoms with E-state index in [2.05, 4.69) is 5.32 Å². The summed E-state index contributed by atoms with van der Waals surface area (Å²) in [6.45, 7) is 6.06. The topological polar surface area (TPSA) is 82.0 Å². The first-order valence-corrected chi connectivity index (χ1v) is 7.19. The molecular weight excluding hydrogens is 272 g/mol. The van der Waals surface area contributed by atoms with Gasteiger partial charge in [0.15, 0.2) is 0 Å². The van der Waals surface area contributed by atoms with Crippen molar-refractivity contribution in [2.24, 2.45) is 0 Å². The molecule has 1 aliphatic heterocycles. The van der Waals surface area contributed by atoms with Gasteiger partial charge in [-0.05, 0) is 19.9 Å². The van der Waals surface area contributed by atoms with Crippen LogP contribution in [0.25, 0.3) is 0 Å². The van der Waals surface area contributed by atoms with Gasteiger partial charge in [0.2, 0.25) is 0 Å². The van der Waals surface area contributed by atoms with E-state index in [9.17, 15) is 15.0 Å². The molecule has 0 aliphatic carbocycles. The van der Waals surface area contributed by atoms with Gasteiger partial charge in [-0.15, -0.1) is 0 Å². The molecule has 2 rings (SSSR count). The smallest absolute Gasteiger partial charge is 0.324 e. The number of aromatic hydroxyl groups is 2. The highest BCUT2D eigenvalue weighted by Crippen LogP contribution is 2.32. The van der Waals surface area contributed by atoms with Gasteiger partial charge in [0, 0.05) is 37.3 Å². The molecule has 6 nitrogen and oxygen atoms in total. The highest BCUT2D eigenvalue weighted by atomic mass is 16.5. The Kier molecular flexibility index (Phi) is 5.03. The highest BCUT2D eigenvalue weighted by molar-refractivity contribution is 5.76. The number of carbonyl (C=O) groups excluding carboxylic acids is 1. The molecule has 1 aromatic carbocycles. The van der Waals surface area contributed by atoms with Crippen molar-refractivity contribution in [3.05, 3.63) is 23.8 Å². The number of carbonyl (C=O) groups is 1. The van der Waals surface area contributed by atoms with Crippen molar-refractivity contribution in [2.45, 2.75) is 25.9 Å². The maximum Gasteiger partial charge on any atom is 0.324 e. The Morgan fingerprint density at radius 1 is 1.52 bits per heavy atom. The molecule has 0 saturated carbocycles. The molecule has 1 fully saturated rings. The lowest BCUT2D eigenvalue weighted by Crippen LogP contribution is -2.55. The molecule has 1 aliphatic rings. The lowest BCUT2D eigenvalue weighted by Gasteiger charge is -2.38. The van der Waals surface area contributed by atoms with E-state index in [-0.39, 0.29) is 29.6 Å². The van der Waals surface area contributed by atoms with Gasteiger partial charge in [-0.2, -0.15) is 0 Å². The van der Waals surface area contributed by atoms with Crippen LogP contribution in [0.15, 0.2) is 18.2 Å². The number of nitrogens with one attached hydrogen (secondary N) is 1. The molecule has 0 spiro atoms. The zero-order valence-electron chi connectivity index (χ0n) is 12.4. The van der Waals surface area contributed by atoms with Crippen LogP contribution in [-0.2, 0) is 9.53 Å². The first-order chi connectivity index (χ1) is 10.0. The molecule has 0 radical (unpaired) electrons. The fraction of sp³-hybridized carbons (Fsp3) is 0.533. The number of benzene rings is 1. The van der Waals surface area contributed by atoms with Gasteiger partial charge in [0.05, 0.1) is 6.61 Å². The number of esters is 1. The molecule has 0 bridgehead atoms. The SMILES string of the molecule is CCOC(=O)C1CNCCN1C(C)c1ccc(O)cc1O. The average Bonchev–Trinajstić information content (AvgIpc) is 2.47. The van der Waals surface area contributed by atoms with Crippen LogP contribution >= 0.6 is 0 Å². The molecule has 2 unspecified atom stereocenters. The second-order valence-electron chi connectivity index (χ2n) is 5.13. The number of nitrogens with zero attached hydrogens (tertiary/aromatic N) is 1. The predicted octanol–water partition coefficient (Wildman–Crippen LogP) is 0.996. The van der Waals surface area contributed by atoms with Gasteiger partial charge in [-0.3, -0.25) is 9.69 Å². The number of piperazine rings is 1. The number of rotatable bonds is 4. The third-order valence-corrected chi connectivity index (χ3v) is 3.81. The largest absolute Gasteiger partial charge is 0.508 e. The van der Waals surface area contributed by atoms with Crippen molar-refractivity contribution < 1.29 is 19.7 Å². The normalized spacial score (nSPS) is 21.0. The average molecular weight is 294 g/mol. The minimum atomic E-state index is -0.373. The molecule has 1 saturated heterocycles. The molecule has 1 heterocycles. The van der Waals surface area contributed by atoms with E-state index in [0.717, 1.165) is 6.54 Å². The molecule has 2 atom stereocenters. The molecule has 6 heteroatoms. The van der Waals surface area contributed by atoms with Crippen LogP contribution < -0.4 is 5.32 Å². The highest BCUT2D eigenvalue weighted by Gasteiger charge is 2.34. The Labute approximate surface area is 124 Å². The van der Waals surface area contributed by atoms with Gasteiger partial charge in [-0.1, -0.05) is 6.07 Å². The van der Waals surface area contributed by atoms with Crippen molar-refractivity contribution in [1.29, 1.82) is 0 Å². The molecule has 21 heavy (non-hydrogen) atoms. The second kappa shape index (κ2) is 6.78. The molecule has 116 valence electrons. The summed E-state index contributed by atoms with van der Waals surface area (Å²) in [6, 6.07) is 4.00. The maximum absolute atomic E-state index is 12.1. The van der Waals surface area contributed by atoms with Crippen LogP contribution in [0.4, 0.5) is 0 Å². The van der Waals surface area contributed by atoms with Crippen LogP contribution in [0, 0.1) is 0 Å². The van der Waals surface area contributed by atoms with Crippen LogP contribution in [0.1, 0.15) is 25.5 Å². The molecule has 3 N–H and O–H groups in total. The number of phenols is 2. The number of hydrogen-bond acceptors (Lipinski definition) is 6. The monoisotopic (exact) mass is 294 g/mol. The van der Waals surface area contributed by atoms with Gasteiger partial charge >= 0.3 is 5.97 Å². The van der Waals surface area contributed by atoms with Crippen molar-refractivity contribution >= 4 is 5.97 Å². The van der Waals surface area contributed by atoms with Crippen molar-refractivity contribution in [1.82, 2.24) is 10.2 Å². The van der Waals surface area contributed by atoms with Crippen molar-refractivity contribution in [3.8, 4) is 11.5 Å². The van der Waals surface area contributed by atoms with Crippen LogP contribution in [0.5, 0.6) is 11.5 Å². The van der Waals surface area contributed by atoms with E-state index in [0.29, 0.717) is 25.3 Å². The summed E-state index contributed by atoms with van der Waals surface area (Å²) in [5.74, 6) is -0.204. The summed E-state index contributed by atoms with van der Waals surface area (Å²) in [5.41, 5.74) is 0.684. The summed E-state index contributed by atoms with van der Waals surface area (Å²) in [4.78, 5) is 14.1. The second-order valence-corrected chi connectivity index (χ2v) is 5.13. The zero-order valence-corrected chi connectivity index (χ0v) is 12.4. The minimum Gasteiger partial charge on any atom is -0.508 e. The Morgan fingerprint density at radius 2 is 2.29 bits per heavy atom. The van der Waals surface area contributed by atoms with E-state index in [1.165, 1.54) is 12.1 Å². The van der Waals surface area contributed by atoms with E-state index in [1.807, 2.05) is 11.8 Å². The Morgan fingerprint density at radius 3 is 2.95 bits per heavy atom. The number of phenolic OH excluding ortho intramolecular Hbond substituents is 2. The number of hydrogen-bond donors (Lipinski definition) is 3. The Bertz CT molecular complexity index is 506. The molecule has 0 amide bonds. The third-order valence-electron chi connectivity index (χ3n) is 3.81. The van der Waals surface area contributed by atoms with E-state index >= 15 is 0 Å². The third kappa shape index (κ3) is 3.46. The Balaban J connectivity index is 2.21. The van der Waals surface area contributed by atoms with Gasteiger partial charge in [-0.25, -0.2) is 0 Å². The lowest BCUT2D eigenvalue weighted by atomic mass is 10.0. The summed E-state index contributed by atoms with van der Waals surface area (Å²) in [7, 11) is 0. The van der Waals surface area contributed by atoms with Crippen molar-refractivity contribution in [3.63, 3.8) is 0 Å². The van der Waals surface area contributed by atoms with E-state index in [1.54, 1.807) is 13.0 Å². The first kappa shape index (κ1) is 15.6. The van der Waals surface area contributed by atoms with E-state index < -0.39 is 0 Å². The number of ether oxygens (including phenoxy) is 1. The fourth-order valence-electron chi connectivity index (χ4n) is 2.70. The molecule has 1 aromatic rings. The summed E-state index contributed by atoms with van der Waals surface area (Å²) < 4.78 is 5.12.